The smallest absolute Gasteiger partial charge is 0.318 e. The van der Waals surface area contributed by atoms with Crippen molar-refractivity contribution in [2.24, 2.45) is 0 Å². The lowest BCUT2D eigenvalue weighted by molar-refractivity contribution is 0.0938. The van der Waals surface area contributed by atoms with Crippen LogP contribution < -0.4 is 10.2 Å². The monoisotopic (exact) mass is 400 g/mol. The number of nitrogens with zero attached hydrogens (tertiary/aromatic N) is 3. The number of aromatic nitrogens is 2. The van der Waals surface area contributed by atoms with Gasteiger partial charge in [-0.1, -0.05) is 47.0 Å². The maximum Gasteiger partial charge on any atom is 0.318 e. The zero-order valence-electron chi connectivity index (χ0n) is 14.9. The lowest BCUT2D eigenvalue weighted by Gasteiger charge is -2.16. The Morgan fingerprint density at radius 3 is 2.61 bits per heavy atom. The van der Waals surface area contributed by atoms with Crippen LogP contribution in [0.4, 0.5) is 10.4 Å². The van der Waals surface area contributed by atoms with E-state index in [2.05, 4.69) is 15.5 Å². The van der Waals surface area contributed by atoms with Crippen molar-refractivity contribution in [2.45, 2.75) is 18.9 Å². The van der Waals surface area contributed by atoms with Crippen LogP contribution in [-0.4, -0.2) is 29.2 Å². The summed E-state index contributed by atoms with van der Waals surface area (Å²) in [7, 11) is 0. The Hall–Kier alpha value is -2.93. The molecule has 0 bridgehead atoms. The fraction of sp³-hybridized carbons (Fsp3) is 0.250. The van der Waals surface area contributed by atoms with E-state index < -0.39 is 17.8 Å². The van der Waals surface area contributed by atoms with E-state index in [1.54, 1.807) is 0 Å². The molecule has 2 aromatic carbocycles. The van der Waals surface area contributed by atoms with E-state index in [9.17, 15) is 9.18 Å². The maximum atomic E-state index is 13.4. The quantitative estimate of drug-likeness (QED) is 0.701. The first-order chi connectivity index (χ1) is 13.6. The molecule has 1 N–H and O–H groups in total. The first-order valence-electron chi connectivity index (χ1n) is 9.01. The van der Waals surface area contributed by atoms with Crippen molar-refractivity contribution < 1.29 is 13.6 Å². The lowest BCUT2D eigenvalue weighted by atomic mass is 10.1. The molecule has 1 atom stereocenters. The summed E-state index contributed by atoms with van der Waals surface area (Å²) in [6, 6.07) is 13.0. The fourth-order valence-electron chi connectivity index (χ4n) is 3.16. The molecule has 0 unspecified atom stereocenters. The summed E-state index contributed by atoms with van der Waals surface area (Å²) in [4.78, 5) is 14.8. The lowest BCUT2D eigenvalue weighted by Crippen LogP contribution is -2.29. The van der Waals surface area contributed by atoms with Crippen molar-refractivity contribution in [1.82, 2.24) is 15.5 Å². The molecule has 0 spiro atoms. The Morgan fingerprint density at radius 2 is 1.89 bits per heavy atom. The molecule has 1 saturated heterocycles. The summed E-state index contributed by atoms with van der Waals surface area (Å²) < 4.78 is 19.3. The van der Waals surface area contributed by atoms with Gasteiger partial charge < -0.3 is 14.6 Å². The number of halogens is 2. The summed E-state index contributed by atoms with van der Waals surface area (Å²) >= 11 is 5.80. The topological polar surface area (TPSA) is 71.3 Å². The average Bonchev–Trinajstić information content (AvgIpc) is 3.40. The van der Waals surface area contributed by atoms with Crippen LogP contribution in [0.1, 0.15) is 40.7 Å². The third-order valence-electron chi connectivity index (χ3n) is 4.64. The summed E-state index contributed by atoms with van der Waals surface area (Å²) in [6.07, 6.45) is 2.17. The molecule has 0 aliphatic carbocycles. The first kappa shape index (κ1) is 18.4. The van der Waals surface area contributed by atoms with E-state index in [1.807, 2.05) is 35.2 Å². The number of carbonyl (C=O) groups is 1. The number of rotatable bonds is 5. The molecule has 8 heteroatoms. The minimum absolute atomic E-state index is 0.113. The molecule has 0 saturated carbocycles. The highest BCUT2D eigenvalue weighted by Crippen LogP contribution is 2.26. The van der Waals surface area contributed by atoms with E-state index in [1.165, 1.54) is 12.1 Å². The molecule has 1 fully saturated rings. The Kier molecular flexibility index (Phi) is 5.25. The van der Waals surface area contributed by atoms with Crippen molar-refractivity contribution in [1.29, 1.82) is 0 Å². The largest absolute Gasteiger partial charge is 0.405 e. The van der Waals surface area contributed by atoms with E-state index in [-0.39, 0.29) is 16.5 Å². The number of hydrogen-bond acceptors (Lipinski definition) is 5. The predicted octanol–water partition coefficient (Wildman–Crippen LogP) is 3.98. The highest BCUT2D eigenvalue weighted by Gasteiger charge is 2.26. The first-order valence-corrected chi connectivity index (χ1v) is 9.39. The number of nitrogens with one attached hydrogen (secondary N) is 1. The molecule has 0 radical (unpaired) electrons. The van der Waals surface area contributed by atoms with Crippen LogP contribution in [0.25, 0.3) is 0 Å². The minimum Gasteiger partial charge on any atom is -0.405 e. The molecule has 1 amide bonds. The highest BCUT2D eigenvalue weighted by atomic mass is 35.5. The van der Waals surface area contributed by atoms with E-state index in [0.29, 0.717) is 6.01 Å². The summed E-state index contributed by atoms with van der Waals surface area (Å²) in [5.74, 6) is -0.712. The summed E-state index contributed by atoms with van der Waals surface area (Å²) in [5, 5.41) is 11.1. The zero-order valence-corrected chi connectivity index (χ0v) is 15.7. The summed E-state index contributed by atoms with van der Waals surface area (Å²) in [6.45, 7) is 1.75. The van der Waals surface area contributed by atoms with Crippen LogP contribution in [0, 0.1) is 5.82 Å². The molecular weight excluding hydrogens is 383 g/mol. The van der Waals surface area contributed by atoms with Gasteiger partial charge in [0.15, 0.2) is 0 Å². The van der Waals surface area contributed by atoms with E-state index in [0.717, 1.165) is 37.6 Å². The predicted molar refractivity (Wildman–Crippen MR) is 103 cm³/mol. The van der Waals surface area contributed by atoms with Crippen LogP contribution >= 0.6 is 11.6 Å². The van der Waals surface area contributed by atoms with Crippen LogP contribution in [0.3, 0.4) is 0 Å². The van der Waals surface area contributed by atoms with Crippen molar-refractivity contribution in [3.05, 3.63) is 76.4 Å². The molecular formula is C20H18ClFN4O2. The Balaban J connectivity index is 1.62. The molecule has 28 heavy (non-hydrogen) atoms. The van der Waals surface area contributed by atoms with Gasteiger partial charge in [0.05, 0.1) is 5.02 Å². The van der Waals surface area contributed by atoms with E-state index >= 15 is 0 Å². The molecule has 6 nitrogen and oxygen atoms in total. The second-order valence-electron chi connectivity index (χ2n) is 6.56. The standard InChI is InChI=1S/C20H18ClFN4O2/c21-15-12-14(8-9-16(15)22)18(27)23-17(13-6-2-1-3-7-13)19-24-25-20(28-19)26-10-4-5-11-26/h1-3,6-9,12,17H,4-5,10-11H2,(H,23,27)/t17-/m1/s1. The van der Waals surface area contributed by atoms with Crippen molar-refractivity contribution >= 4 is 23.5 Å². The number of amides is 1. The molecule has 1 aliphatic rings. The van der Waals surface area contributed by atoms with Gasteiger partial charge in [-0.15, -0.1) is 5.10 Å². The normalized spacial score (nSPS) is 14.9. The van der Waals surface area contributed by atoms with Gasteiger partial charge in [0.25, 0.3) is 5.91 Å². The van der Waals surface area contributed by atoms with Crippen molar-refractivity contribution in [3.8, 4) is 0 Å². The average molecular weight is 401 g/mol. The van der Waals surface area contributed by atoms with Gasteiger partial charge in [-0.25, -0.2) is 4.39 Å². The van der Waals surface area contributed by atoms with Crippen LogP contribution in [0.2, 0.25) is 5.02 Å². The Labute approximate surface area is 166 Å². The van der Waals surface area contributed by atoms with Crippen LogP contribution in [0.5, 0.6) is 0 Å². The maximum absolute atomic E-state index is 13.4. The molecule has 1 aromatic heterocycles. The fourth-order valence-corrected chi connectivity index (χ4v) is 3.34. The third kappa shape index (κ3) is 3.84. The zero-order chi connectivity index (χ0) is 19.5. The molecule has 144 valence electrons. The van der Waals surface area contributed by atoms with Gasteiger partial charge >= 0.3 is 6.01 Å². The minimum atomic E-state index is -0.638. The van der Waals surface area contributed by atoms with E-state index in [4.69, 9.17) is 16.0 Å². The Morgan fingerprint density at radius 1 is 1.14 bits per heavy atom. The van der Waals surface area contributed by atoms with Gasteiger partial charge in [0, 0.05) is 18.7 Å². The highest BCUT2D eigenvalue weighted by molar-refractivity contribution is 6.31. The van der Waals surface area contributed by atoms with Gasteiger partial charge in [0.1, 0.15) is 11.9 Å². The summed E-state index contributed by atoms with van der Waals surface area (Å²) in [5.41, 5.74) is 1.03. The second kappa shape index (κ2) is 7.98. The van der Waals surface area contributed by atoms with Gasteiger partial charge in [-0.05, 0) is 36.6 Å². The van der Waals surface area contributed by atoms with Crippen molar-refractivity contribution in [3.63, 3.8) is 0 Å². The third-order valence-corrected chi connectivity index (χ3v) is 4.93. The Bertz CT molecular complexity index is 973. The van der Waals surface area contributed by atoms with Crippen molar-refractivity contribution in [2.75, 3.05) is 18.0 Å². The molecule has 3 aromatic rings. The molecule has 1 aliphatic heterocycles. The van der Waals surface area contributed by atoms with Crippen LogP contribution in [0.15, 0.2) is 52.9 Å². The second-order valence-corrected chi connectivity index (χ2v) is 6.97. The number of anilines is 1. The SMILES string of the molecule is O=C(N[C@H](c1ccccc1)c1nnc(N2CCCC2)o1)c1ccc(F)c(Cl)c1. The van der Waals surface area contributed by atoms with Gasteiger partial charge in [-0.3, -0.25) is 4.79 Å². The molecule has 2 heterocycles. The molecule has 4 rings (SSSR count). The van der Waals surface area contributed by atoms with Crippen LogP contribution in [-0.2, 0) is 0 Å². The number of hydrogen-bond donors (Lipinski definition) is 1. The number of benzene rings is 2. The van der Waals surface area contributed by atoms with Gasteiger partial charge in [-0.2, -0.15) is 0 Å². The number of carbonyl (C=O) groups excluding carboxylic acids is 1. The van der Waals surface area contributed by atoms with Gasteiger partial charge in [0.2, 0.25) is 5.89 Å².